The predicted molar refractivity (Wildman–Crippen MR) is 88.6 cm³/mol. The molecular weight excluding hydrogens is 274 g/mol. The van der Waals surface area contributed by atoms with Gasteiger partial charge in [0.2, 0.25) is 5.91 Å². The molecule has 0 aromatic carbocycles. The summed E-state index contributed by atoms with van der Waals surface area (Å²) in [5.41, 5.74) is 0. The van der Waals surface area contributed by atoms with E-state index in [2.05, 4.69) is 27.2 Å². The number of nitrogens with one attached hydrogen (secondary N) is 1. The Balaban J connectivity index is 1.36. The second-order valence-corrected chi connectivity index (χ2v) is 6.83. The average molecular weight is 303 g/mol. The fraction of sp³-hybridized carbons (Fsp3) is 0.722. The molecule has 0 aliphatic carbocycles. The second-order valence-electron chi connectivity index (χ2n) is 6.83. The summed E-state index contributed by atoms with van der Waals surface area (Å²) in [6, 6.07) is 4.78. The van der Waals surface area contributed by atoms with Crippen LogP contribution in [0.5, 0.6) is 0 Å². The summed E-state index contributed by atoms with van der Waals surface area (Å²) in [6.45, 7) is 4.35. The van der Waals surface area contributed by atoms with Gasteiger partial charge in [0.05, 0.1) is 0 Å². The van der Waals surface area contributed by atoms with Crippen molar-refractivity contribution in [2.75, 3.05) is 19.6 Å². The van der Waals surface area contributed by atoms with Gasteiger partial charge >= 0.3 is 0 Å². The number of aromatic nitrogens is 1. The zero-order chi connectivity index (χ0) is 15.2. The first-order valence-electron chi connectivity index (χ1n) is 8.94. The first kappa shape index (κ1) is 15.6. The highest BCUT2D eigenvalue weighted by atomic mass is 16.1. The third-order valence-corrected chi connectivity index (χ3v) is 5.28. The van der Waals surface area contributed by atoms with Crippen LogP contribution in [0.25, 0.3) is 0 Å². The second kappa shape index (κ2) is 7.82. The highest BCUT2D eigenvalue weighted by Crippen LogP contribution is 2.30. The Labute approximate surface area is 133 Å². The monoisotopic (exact) mass is 303 g/mol. The number of hydrogen-bond donors (Lipinski definition) is 1. The molecule has 2 saturated heterocycles. The van der Waals surface area contributed by atoms with Gasteiger partial charge in [-0.05, 0) is 63.2 Å². The number of nitrogens with zero attached hydrogens (tertiary/aromatic N) is 2. The molecule has 0 radical (unpaired) electrons. The number of amides is 1. The molecular formula is C18H29N3O. The molecule has 1 aromatic rings. The van der Waals surface area contributed by atoms with Crippen molar-refractivity contribution in [1.29, 1.82) is 0 Å². The van der Waals surface area contributed by atoms with E-state index in [4.69, 9.17) is 0 Å². The van der Waals surface area contributed by atoms with E-state index in [0.717, 1.165) is 25.6 Å². The minimum absolute atomic E-state index is 0.222. The smallest absolute Gasteiger partial charge is 0.220 e. The number of fused-ring (bicyclic) bond motifs is 1. The summed E-state index contributed by atoms with van der Waals surface area (Å²) in [5.74, 6) is 0.891. The fourth-order valence-corrected chi connectivity index (χ4v) is 4.09. The molecule has 0 saturated carbocycles. The summed E-state index contributed by atoms with van der Waals surface area (Å²) >= 11 is 0. The van der Waals surface area contributed by atoms with Gasteiger partial charge in [-0.25, -0.2) is 0 Å². The van der Waals surface area contributed by atoms with Crippen LogP contribution in [0, 0.1) is 5.92 Å². The van der Waals surface area contributed by atoms with Crippen LogP contribution in [0.4, 0.5) is 0 Å². The lowest BCUT2D eigenvalue weighted by Crippen LogP contribution is -2.50. The molecule has 0 bridgehead atoms. The molecule has 122 valence electrons. The normalized spacial score (nSPS) is 25.6. The highest BCUT2D eigenvalue weighted by Gasteiger charge is 2.32. The van der Waals surface area contributed by atoms with Crippen LogP contribution in [0.3, 0.4) is 0 Å². The Kier molecular flexibility index (Phi) is 5.54. The van der Waals surface area contributed by atoms with Crippen molar-refractivity contribution in [2.24, 2.45) is 5.92 Å². The highest BCUT2D eigenvalue weighted by molar-refractivity contribution is 5.75. The summed E-state index contributed by atoms with van der Waals surface area (Å²) in [5, 5.41) is 3.19. The lowest BCUT2D eigenvalue weighted by molar-refractivity contribution is -0.121. The topological polar surface area (TPSA) is 37.3 Å². The van der Waals surface area contributed by atoms with Gasteiger partial charge in [-0.15, -0.1) is 0 Å². The van der Waals surface area contributed by atoms with Crippen molar-refractivity contribution in [3.8, 4) is 0 Å². The molecule has 4 nitrogen and oxygen atoms in total. The standard InChI is InChI=1S/C18H29N3O/c22-18(9-6-12-20-10-3-4-11-20)19-15-16-7-5-14-21-13-2-1-8-17(16)21/h3-4,10-11,16-17H,1-2,5-9,12-15H2,(H,19,22)/t16-,17+/m0/s1. The minimum atomic E-state index is 0.222. The molecule has 2 aliphatic rings. The third kappa shape index (κ3) is 4.13. The largest absolute Gasteiger partial charge is 0.356 e. The molecule has 1 aromatic heterocycles. The Hall–Kier alpha value is -1.29. The Morgan fingerprint density at radius 2 is 1.91 bits per heavy atom. The maximum Gasteiger partial charge on any atom is 0.220 e. The van der Waals surface area contributed by atoms with Crippen molar-refractivity contribution in [3.05, 3.63) is 24.5 Å². The summed E-state index contributed by atoms with van der Waals surface area (Å²) in [4.78, 5) is 14.7. The van der Waals surface area contributed by atoms with Gasteiger partial charge in [-0.1, -0.05) is 6.42 Å². The van der Waals surface area contributed by atoms with E-state index >= 15 is 0 Å². The lowest BCUT2D eigenvalue weighted by Gasteiger charge is -2.44. The van der Waals surface area contributed by atoms with Gasteiger partial charge in [-0.2, -0.15) is 0 Å². The van der Waals surface area contributed by atoms with Gasteiger partial charge in [-0.3, -0.25) is 4.79 Å². The van der Waals surface area contributed by atoms with E-state index in [0.29, 0.717) is 12.3 Å². The first-order chi connectivity index (χ1) is 10.8. The zero-order valence-electron chi connectivity index (χ0n) is 13.5. The average Bonchev–Trinajstić information content (AvgIpc) is 3.06. The first-order valence-corrected chi connectivity index (χ1v) is 8.94. The maximum atomic E-state index is 12.0. The molecule has 2 aliphatic heterocycles. The summed E-state index contributed by atoms with van der Waals surface area (Å²) < 4.78 is 2.13. The molecule has 22 heavy (non-hydrogen) atoms. The van der Waals surface area contributed by atoms with Crippen molar-refractivity contribution < 1.29 is 4.79 Å². The minimum Gasteiger partial charge on any atom is -0.356 e. The van der Waals surface area contributed by atoms with Crippen LogP contribution < -0.4 is 5.32 Å². The molecule has 3 heterocycles. The van der Waals surface area contributed by atoms with E-state index < -0.39 is 0 Å². The van der Waals surface area contributed by atoms with Gasteiger partial charge in [0, 0.05) is 37.9 Å². The van der Waals surface area contributed by atoms with Gasteiger partial charge in [0.25, 0.3) is 0 Å². The van der Waals surface area contributed by atoms with Crippen LogP contribution in [0.2, 0.25) is 0 Å². The maximum absolute atomic E-state index is 12.0. The van der Waals surface area contributed by atoms with E-state index in [1.807, 2.05) is 12.1 Å². The van der Waals surface area contributed by atoms with Crippen LogP contribution in [-0.2, 0) is 11.3 Å². The Morgan fingerprint density at radius 3 is 2.77 bits per heavy atom. The molecule has 3 rings (SSSR count). The van der Waals surface area contributed by atoms with Crippen LogP contribution >= 0.6 is 0 Å². The van der Waals surface area contributed by atoms with Crippen molar-refractivity contribution in [1.82, 2.24) is 14.8 Å². The molecule has 1 amide bonds. The quantitative estimate of drug-likeness (QED) is 0.877. The predicted octanol–water partition coefficient (Wildman–Crippen LogP) is 2.65. The van der Waals surface area contributed by atoms with E-state index in [9.17, 15) is 4.79 Å². The van der Waals surface area contributed by atoms with Gasteiger partial charge in [0.15, 0.2) is 0 Å². The molecule has 0 unspecified atom stereocenters. The number of carbonyl (C=O) groups excluding carboxylic acids is 1. The molecule has 4 heteroatoms. The number of piperidine rings is 2. The molecule has 1 N–H and O–H groups in total. The number of carbonyl (C=O) groups is 1. The van der Waals surface area contributed by atoms with Crippen molar-refractivity contribution >= 4 is 5.91 Å². The Morgan fingerprint density at radius 1 is 1.09 bits per heavy atom. The van der Waals surface area contributed by atoms with E-state index in [-0.39, 0.29) is 5.91 Å². The Bertz CT molecular complexity index is 455. The van der Waals surface area contributed by atoms with E-state index in [1.54, 1.807) is 0 Å². The zero-order valence-corrected chi connectivity index (χ0v) is 13.5. The van der Waals surface area contributed by atoms with Gasteiger partial charge < -0.3 is 14.8 Å². The molecule has 2 fully saturated rings. The number of rotatable bonds is 6. The van der Waals surface area contributed by atoms with Crippen molar-refractivity contribution in [3.63, 3.8) is 0 Å². The molecule has 2 atom stereocenters. The van der Waals surface area contributed by atoms with Crippen LogP contribution in [-0.4, -0.2) is 41.1 Å². The summed E-state index contributed by atoms with van der Waals surface area (Å²) in [7, 11) is 0. The van der Waals surface area contributed by atoms with Crippen LogP contribution in [0.1, 0.15) is 44.9 Å². The SMILES string of the molecule is O=C(CCCn1cccc1)NC[C@@H]1CCCN2CCCC[C@H]12. The lowest BCUT2D eigenvalue weighted by atomic mass is 9.83. The number of aryl methyl sites for hydroxylation is 1. The van der Waals surface area contributed by atoms with Gasteiger partial charge in [0.1, 0.15) is 0 Å². The molecule has 0 spiro atoms. The third-order valence-electron chi connectivity index (χ3n) is 5.28. The van der Waals surface area contributed by atoms with Crippen LogP contribution in [0.15, 0.2) is 24.5 Å². The fourth-order valence-electron chi connectivity index (χ4n) is 4.09. The number of hydrogen-bond acceptors (Lipinski definition) is 2. The van der Waals surface area contributed by atoms with E-state index in [1.165, 1.54) is 45.2 Å². The summed E-state index contributed by atoms with van der Waals surface area (Å²) in [6.07, 6.45) is 12.3. The van der Waals surface area contributed by atoms with Crippen molar-refractivity contribution in [2.45, 2.75) is 57.5 Å².